The Kier molecular flexibility index (Phi) is 14.3. The lowest BCUT2D eigenvalue weighted by molar-refractivity contribution is -0.149. The van der Waals surface area contributed by atoms with Gasteiger partial charge in [0, 0.05) is 26.2 Å². The zero-order valence-electron chi connectivity index (χ0n) is 23.2. The fourth-order valence-corrected chi connectivity index (χ4v) is 3.74. The zero-order valence-corrected chi connectivity index (χ0v) is 23.2. The van der Waals surface area contributed by atoms with Crippen LogP contribution in [0.4, 0.5) is 4.79 Å². The van der Waals surface area contributed by atoms with Gasteiger partial charge in [-0.1, -0.05) is 57.9 Å². The average Bonchev–Trinajstić information content (AvgIpc) is 2.90. The fraction of sp³-hybridized carbons (Fsp3) is 0.533. The minimum absolute atomic E-state index is 0.271. The summed E-state index contributed by atoms with van der Waals surface area (Å²) < 4.78 is 22.5. The number of ether oxygens (including phenoxy) is 4. The van der Waals surface area contributed by atoms with Gasteiger partial charge >= 0.3 is 12.1 Å². The molecule has 0 saturated heterocycles. The first kappa shape index (κ1) is 31.1. The molecule has 2 rings (SSSR count). The van der Waals surface area contributed by atoms with Crippen LogP contribution in [0.2, 0.25) is 0 Å². The van der Waals surface area contributed by atoms with Gasteiger partial charge in [0.25, 0.3) is 0 Å². The van der Waals surface area contributed by atoms with E-state index in [9.17, 15) is 14.7 Å². The van der Waals surface area contributed by atoms with Crippen LogP contribution in [-0.2, 0) is 20.7 Å². The minimum atomic E-state index is -0.982. The highest BCUT2D eigenvalue weighted by Gasteiger charge is 2.18. The van der Waals surface area contributed by atoms with E-state index < -0.39 is 18.2 Å². The fourth-order valence-electron chi connectivity index (χ4n) is 3.74. The van der Waals surface area contributed by atoms with E-state index in [4.69, 9.17) is 18.9 Å². The molecule has 1 amide bonds. The zero-order chi connectivity index (χ0) is 27.8. The molecule has 0 radical (unpaired) electrons. The molecular weight excluding hydrogens is 486 g/mol. The number of carbonyl (C=O) groups excluding carboxylic acids is 1. The molecule has 210 valence electrons. The molecule has 1 unspecified atom stereocenters. The Balaban J connectivity index is 1.91. The molecular formula is C30H43NO7. The molecule has 8 nitrogen and oxygen atoms in total. The number of unbranched alkanes of at least 4 members (excludes halogenated alkanes) is 2. The van der Waals surface area contributed by atoms with Crippen LogP contribution in [-0.4, -0.2) is 67.7 Å². The van der Waals surface area contributed by atoms with Crippen LogP contribution in [0.5, 0.6) is 11.5 Å². The van der Waals surface area contributed by atoms with Gasteiger partial charge in [0.05, 0.1) is 13.2 Å². The lowest BCUT2D eigenvalue weighted by Gasteiger charge is -2.22. The number of carboxylic acids is 1. The Labute approximate surface area is 226 Å². The SMILES string of the molecule is CCCCCOCCN(CCOc1ccc(CC(OCC)C(=O)O)cc1)C(=O)Oc1ccc(C(C)C)cc1. The van der Waals surface area contributed by atoms with Crippen LogP contribution in [0.25, 0.3) is 0 Å². The number of nitrogens with zero attached hydrogens (tertiary/aromatic N) is 1. The summed E-state index contributed by atoms with van der Waals surface area (Å²) >= 11 is 0. The number of carboxylic acid groups (broad SMARTS) is 1. The molecule has 0 aliphatic carbocycles. The third-order valence-corrected chi connectivity index (χ3v) is 6.03. The highest BCUT2D eigenvalue weighted by atomic mass is 16.6. The summed E-state index contributed by atoms with van der Waals surface area (Å²) in [5.41, 5.74) is 2.02. The van der Waals surface area contributed by atoms with E-state index in [1.54, 1.807) is 24.0 Å². The smallest absolute Gasteiger partial charge is 0.415 e. The van der Waals surface area contributed by atoms with Gasteiger partial charge < -0.3 is 29.0 Å². The average molecular weight is 530 g/mol. The van der Waals surface area contributed by atoms with Crippen LogP contribution in [0, 0.1) is 0 Å². The third kappa shape index (κ3) is 11.5. The number of hydrogen-bond acceptors (Lipinski definition) is 6. The van der Waals surface area contributed by atoms with E-state index in [0.717, 1.165) is 24.8 Å². The third-order valence-electron chi connectivity index (χ3n) is 6.03. The second-order valence-corrected chi connectivity index (χ2v) is 9.38. The normalized spacial score (nSPS) is 11.8. The van der Waals surface area contributed by atoms with Crippen molar-refractivity contribution in [1.29, 1.82) is 0 Å². The number of hydrogen-bond donors (Lipinski definition) is 1. The maximum Gasteiger partial charge on any atom is 0.415 e. The Hall–Kier alpha value is -3.10. The molecule has 0 heterocycles. The van der Waals surface area contributed by atoms with Crippen LogP contribution in [0.1, 0.15) is 64.0 Å². The second-order valence-electron chi connectivity index (χ2n) is 9.38. The second kappa shape index (κ2) is 17.4. The monoisotopic (exact) mass is 529 g/mol. The van der Waals surface area contributed by atoms with Crippen molar-refractivity contribution in [2.75, 3.05) is 39.5 Å². The van der Waals surface area contributed by atoms with Crippen molar-refractivity contribution in [2.24, 2.45) is 0 Å². The Morgan fingerprint density at radius 3 is 2.13 bits per heavy atom. The van der Waals surface area contributed by atoms with E-state index in [1.807, 2.05) is 36.4 Å². The highest BCUT2D eigenvalue weighted by molar-refractivity contribution is 5.72. The van der Waals surface area contributed by atoms with Crippen LogP contribution in [0.3, 0.4) is 0 Å². The largest absolute Gasteiger partial charge is 0.492 e. The van der Waals surface area contributed by atoms with Gasteiger partial charge in [-0.25, -0.2) is 9.59 Å². The Bertz CT molecular complexity index is 944. The molecule has 0 aliphatic heterocycles. The van der Waals surface area contributed by atoms with E-state index in [2.05, 4.69) is 20.8 Å². The van der Waals surface area contributed by atoms with Gasteiger partial charge in [-0.2, -0.15) is 0 Å². The van der Waals surface area contributed by atoms with Gasteiger partial charge in [-0.15, -0.1) is 0 Å². The lowest BCUT2D eigenvalue weighted by Crippen LogP contribution is -2.39. The molecule has 1 atom stereocenters. The molecule has 8 heteroatoms. The van der Waals surface area contributed by atoms with E-state index in [-0.39, 0.29) is 13.0 Å². The first-order chi connectivity index (χ1) is 18.3. The van der Waals surface area contributed by atoms with Crippen molar-refractivity contribution in [3.05, 3.63) is 59.7 Å². The first-order valence-corrected chi connectivity index (χ1v) is 13.5. The van der Waals surface area contributed by atoms with Crippen molar-refractivity contribution in [1.82, 2.24) is 4.90 Å². The molecule has 2 aromatic carbocycles. The van der Waals surface area contributed by atoms with Crippen molar-refractivity contribution < 1.29 is 33.6 Å². The molecule has 0 saturated carbocycles. The van der Waals surface area contributed by atoms with Gasteiger partial charge in [-0.3, -0.25) is 0 Å². The topological polar surface area (TPSA) is 94.5 Å². The van der Waals surface area contributed by atoms with Gasteiger partial charge in [0.1, 0.15) is 18.1 Å². The number of rotatable bonds is 18. The maximum absolute atomic E-state index is 12.9. The number of aliphatic carboxylic acids is 1. The summed E-state index contributed by atoms with van der Waals surface area (Å²) in [5.74, 6) is 0.543. The molecule has 38 heavy (non-hydrogen) atoms. The van der Waals surface area contributed by atoms with E-state index >= 15 is 0 Å². The summed E-state index contributed by atoms with van der Waals surface area (Å²) in [7, 11) is 0. The standard InChI is InChI=1S/C30H43NO7/c1-5-7-8-19-35-20-17-31(30(34)38-27-15-11-25(12-16-27)23(3)4)18-21-37-26-13-9-24(10-14-26)22-28(29(32)33)36-6-2/h9-16,23,28H,5-8,17-22H2,1-4H3,(H,32,33). The van der Waals surface area contributed by atoms with Crippen molar-refractivity contribution in [2.45, 2.75) is 65.4 Å². The van der Waals surface area contributed by atoms with E-state index in [0.29, 0.717) is 50.3 Å². The first-order valence-electron chi connectivity index (χ1n) is 13.5. The molecule has 1 N–H and O–H groups in total. The molecule has 0 spiro atoms. The number of amides is 1. The highest BCUT2D eigenvalue weighted by Crippen LogP contribution is 2.19. The van der Waals surface area contributed by atoms with Crippen molar-refractivity contribution in [3.8, 4) is 11.5 Å². The van der Waals surface area contributed by atoms with Gasteiger partial charge in [0.15, 0.2) is 6.10 Å². The Morgan fingerprint density at radius 2 is 1.53 bits per heavy atom. The predicted molar refractivity (Wildman–Crippen MR) is 147 cm³/mol. The minimum Gasteiger partial charge on any atom is -0.492 e. The predicted octanol–water partition coefficient (Wildman–Crippen LogP) is 5.93. The quantitative estimate of drug-likeness (QED) is 0.239. The number of carbonyl (C=O) groups is 2. The molecule has 0 bridgehead atoms. The van der Waals surface area contributed by atoms with E-state index in [1.165, 1.54) is 5.56 Å². The summed E-state index contributed by atoms with van der Waals surface area (Å²) in [5, 5.41) is 9.27. The molecule has 0 aromatic heterocycles. The van der Waals surface area contributed by atoms with Gasteiger partial charge in [0.2, 0.25) is 0 Å². The maximum atomic E-state index is 12.9. The van der Waals surface area contributed by atoms with Crippen LogP contribution in [0.15, 0.2) is 48.5 Å². The summed E-state index contributed by atoms with van der Waals surface area (Å²) in [6.45, 7) is 10.6. The van der Waals surface area contributed by atoms with Crippen molar-refractivity contribution >= 4 is 12.1 Å². The molecule has 2 aromatic rings. The van der Waals surface area contributed by atoms with Crippen LogP contribution >= 0.6 is 0 Å². The molecule has 0 aliphatic rings. The van der Waals surface area contributed by atoms with Crippen LogP contribution < -0.4 is 9.47 Å². The van der Waals surface area contributed by atoms with Crippen molar-refractivity contribution in [3.63, 3.8) is 0 Å². The summed E-state index contributed by atoms with van der Waals surface area (Å²) in [6, 6.07) is 14.8. The number of benzene rings is 2. The Morgan fingerprint density at radius 1 is 0.868 bits per heavy atom. The van der Waals surface area contributed by atoms with Gasteiger partial charge in [-0.05, 0) is 54.7 Å². The lowest BCUT2D eigenvalue weighted by atomic mass is 10.0. The molecule has 0 fully saturated rings. The summed E-state index contributed by atoms with van der Waals surface area (Å²) in [4.78, 5) is 25.8. The summed E-state index contributed by atoms with van der Waals surface area (Å²) in [6.07, 6.45) is 2.20.